The maximum absolute atomic E-state index is 12.7. The van der Waals surface area contributed by atoms with Crippen molar-refractivity contribution in [1.29, 1.82) is 0 Å². The molecular weight excluding hydrogens is 408 g/mol. The van der Waals surface area contributed by atoms with Crippen LogP contribution in [0.3, 0.4) is 0 Å². The van der Waals surface area contributed by atoms with Gasteiger partial charge >= 0.3 is 0 Å². The van der Waals surface area contributed by atoms with Gasteiger partial charge in [0.15, 0.2) is 0 Å². The molecule has 0 saturated carbocycles. The first kappa shape index (κ1) is 21.0. The molecule has 0 bridgehead atoms. The molecule has 1 heterocycles. The van der Waals surface area contributed by atoms with Gasteiger partial charge in [-0.2, -0.15) is 0 Å². The molecule has 0 aromatic heterocycles. The number of hydrogen-bond acceptors (Lipinski definition) is 4. The summed E-state index contributed by atoms with van der Waals surface area (Å²) in [5.41, 5.74) is 3.79. The normalized spacial score (nSPS) is 13.2. The van der Waals surface area contributed by atoms with Gasteiger partial charge in [0.25, 0.3) is 0 Å². The molecule has 2 amide bonds. The van der Waals surface area contributed by atoms with E-state index in [-0.39, 0.29) is 24.8 Å². The fourth-order valence-electron chi connectivity index (χ4n) is 3.39. The van der Waals surface area contributed by atoms with E-state index in [4.69, 9.17) is 4.74 Å². The molecule has 0 unspecified atom stereocenters. The summed E-state index contributed by atoms with van der Waals surface area (Å²) in [6.45, 7) is 4.44. The third-order valence-electron chi connectivity index (χ3n) is 5.04. The van der Waals surface area contributed by atoms with Crippen LogP contribution in [0.5, 0.6) is 5.75 Å². The molecule has 5 nitrogen and oxygen atoms in total. The van der Waals surface area contributed by atoms with Crippen molar-refractivity contribution in [2.75, 3.05) is 23.4 Å². The number of anilines is 2. The van der Waals surface area contributed by atoms with E-state index in [2.05, 4.69) is 37.4 Å². The highest BCUT2D eigenvalue weighted by Gasteiger charge is 2.25. The second kappa shape index (κ2) is 9.27. The minimum absolute atomic E-state index is 0.0573. The fraction of sp³-hybridized carbons (Fsp3) is 0.200. The van der Waals surface area contributed by atoms with Gasteiger partial charge in [0.1, 0.15) is 12.3 Å². The zero-order valence-corrected chi connectivity index (χ0v) is 18.4. The summed E-state index contributed by atoms with van der Waals surface area (Å²) in [7, 11) is 0. The van der Waals surface area contributed by atoms with Crippen LogP contribution in [0, 0.1) is 13.8 Å². The topological polar surface area (TPSA) is 58.6 Å². The quantitative estimate of drug-likeness (QED) is 0.601. The Bertz CT molecular complexity index is 1110. The molecule has 4 rings (SSSR count). The maximum atomic E-state index is 12.7. The molecule has 1 aliphatic rings. The lowest BCUT2D eigenvalue weighted by Gasteiger charge is -2.21. The predicted octanol–water partition coefficient (Wildman–Crippen LogP) is 5.21. The number of rotatable bonds is 5. The summed E-state index contributed by atoms with van der Waals surface area (Å²) in [6.07, 6.45) is 0.242. The van der Waals surface area contributed by atoms with Gasteiger partial charge < -0.3 is 10.1 Å². The minimum Gasteiger partial charge on any atom is -0.491 e. The molecule has 0 spiro atoms. The van der Waals surface area contributed by atoms with Crippen molar-refractivity contribution in [3.8, 4) is 5.75 Å². The molecule has 3 aromatic rings. The Morgan fingerprint density at radius 1 is 1.06 bits per heavy atom. The molecule has 1 N–H and O–H groups in total. The number of nitrogens with zero attached hydrogens (tertiary/aromatic N) is 1. The first-order chi connectivity index (χ1) is 15.0. The van der Waals surface area contributed by atoms with Gasteiger partial charge in [-0.1, -0.05) is 36.0 Å². The van der Waals surface area contributed by atoms with E-state index >= 15 is 0 Å². The third-order valence-corrected chi connectivity index (χ3v) is 6.21. The molecule has 0 saturated heterocycles. The van der Waals surface area contributed by atoms with Crippen LogP contribution in [-0.2, 0) is 9.59 Å². The molecule has 158 valence electrons. The van der Waals surface area contributed by atoms with Crippen molar-refractivity contribution < 1.29 is 14.3 Å². The van der Waals surface area contributed by atoms with Crippen molar-refractivity contribution in [2.24, 2.45) is 0 Å². The van der Waals surface area contributed by atoms with Gasteiger partial charge in [0, 0.05) is 15.5 Å². The van der Waals surface area contributed by atoms with Crippen LogP contribution in [0.4, 0.5) is 11.4 Å². The van der Waals surface area contributed by atoms with Crippen LogP contribution in [0.2, 0.25) is 0 Å². The maximum Gasteiger partial charge on any atom is 0.244 e. The van der Waals surface area contributed by atoms with Gasteiger partial charge in [0.2, 0.25) is 11.8 Å². The number of aryl methyl sites for hydroxylation is 2. The Hall–Kier alpha value is -3.25. The largest absolute Gasteiger partial charge is 0.491 e. The second-order valence-corrected chi connectivity index (χ2v) is 8.60. The van der Waals surface area contributed by atoms with Crippen molar-refractivity contribution in [3.05, 3.63) is 77.9 Å². The number of nitrogens with one attached hydrogen (secondary N) is 1. The van der Waals surface area contributed by atoms with Crippen molar-refractivity contribution in [3.63, 3.8) is 0 Å². The van der Waals surface area contributed by atoms with Gasteiger partial charge in [-0.05, 0) is 67.4 Å². The van der Waals surface area contributed by atoms with Crippen LogP contribution in [0.15, 0.2) is 76.5 Å². The zero-order valence-electron chi connectivity index (χ0n) is 17.6. The fourth-order valence-corrected chi connectivity index (χ4v) is 4.39. The van der Waals surface area contributed by atoms with Crippen LogP contribution < -0.4 is 15.0 Å². The lowest BCUT2D eigenvalue weighted by atomic mass is 10.2. The first-order valence-electron chi connectivity index (χ1n) is 10.2. The average Bonchev–Trinajstić information content (AvgIpc) is 2.91. The molecule has 1 aliphatic heterocycles. The molecule has 0 aliphatic carbocycles. The standard InChI is InChI=1S/C25H24N2O3S/c1-17-7-8-18(2)23(15-17)31-20-11-9-19(10-12-20)26-24(28)16-27-21-5-3-4-6-22(21)30-14-13-25(27)29/h3-12,15H,13-14,16H2,1-2H3,(H,26,28). The SMILES string of the molecule is Cc1ccc(C)c(Sc2ccc(NC(=O)CN3C(=O)CCOc4ccccc43)cc2)c1. The summed E-state index contributed by atoms with van der Waals surface area (Å²) >= 11 is 1.70. The zero-order chi connectivity index (χ0) is 21.8. The van der Waals surface area contributed by atoms with Gasteiger partial charge in [-0.15, -0.1) is 0 Å². The van der Waals surface area contributed by atoms with E-state index in [9.17, 15) is 9.59 Å². The first-order valence-corrected chi connectivity index (χ1v) is 11.0. The number of amides is 2. The van der Waals surface area contributed by atoms with E-state index in [0.717, 1.165) is 4.90 Å². The Morgan fingerprint density at radius 2 is 1.84 bits per heavy atom. The molecule has 3 aromatic carbocycles. The lowest BCUT2D eigenvalue weighted by molar-refractivity contribution is -0.121. The predicted molar refractivity (Wildman–Crippen MR) is 124 cm³/mol. The number of ether oxygens (including phenoxy) is 1. The Kier molecular flexibility index (Phi) is 6.28. The van der Waals surface area contributed by atoms with E-state index in [1.165, 1.54) is 20.9 Å². The summed E-state index contributed by atoms with van der Waals surface area (Å²) in [4.78, 5) is 29.0. The molecule has 31 heavy (non-hydrogen) atoms. The second-order valence-electron chi connectivity index (χ2n) is 7.49. The van der Waals surface area contributed by atoms with Crippen molar-refractivity contribution in [2.45, 2.75) is 30.1 Å². The summed E-state index contributed by atoms with van der Waals surface area (Å²) < 4.78 is 5.63. The van der Waals surface area contributed by atoms with Crippen LogP contribution >= 0.6 is 11.8 Å². The summed E-state index contributed by atoms with van der Waals surface area (Å²) in [5, 5.41) is 2.89. The molecule has 6 heteroatoms. The van der Waals surface area contributed by atoms with Crippen LogP contribution in [-0.4, -0.2) is 25.0 Å². The van der Waals surface area contributed by atoms with Crippen molar-refractivity contribution in [1.82, 2.24) is 0 Å². The summed E-state index contributed by atoms with van der Waals surface area (Å²) in [5.74, 6) is 0.245. The van der Waals surface area contributed by atoms with E-state index < -0.39 is 0 Å². The molecule has 0 fully saturated rings. The third kappa shape index (κ3) is 5.09. The number of carbonyl (C=O) groups excluding carboxylic acids is 2. The van der Waals surface area contributed by atoms with Crippen LogP contribution in [0.1, 0.15) is 17.5 Å². The van der Waals surface area contributed by atoms with Gasteiger partial charge in [-0.3, -0.25) is 14.5 Å². The highest BCUT2D eigenvalue weighted by molar-refractivity contribution is 7.99. The molecular formula is C25H24N2O3S. The number of para-hydroxylation sites is 2. The van der Waals surface area contributed by atoms with Crippen molar-refractivity contribution >= 4 is 35.0 Å². The Morgan fingerprint density at radius 3 is 2.65 bits per heavy atom. The highest BCUT2D eigenvalue weighted by atomic mass is 32.2. The highest BCUT2D eigenvalue weighted by Crippen LogP contribution is 2.32. The van der Waals surface area contributed by atoms with Crippen LogP contribution in [0.25, 0.3) is 0 Å². The summed E-state index contributed by atoms with van der Waals surface area (Å²) in [6, 6.07) is 21.4. The van der Waals surface area contributed by atoms with E-state index in [1.54, 1.807) is 17.8 Å². The van der Waals surface area contributed by atoms with E-state index in [0.29, 0.717) is 23.7 Å². The number of benzene rings is 3. The lowest BCUT2D eigenvalue weighted by Crippen LogP contribution is -2.37. The Balaban J connectivity index is 1.42. The number of hydrogen-bond donors (Lipinski definition) is 1. The Labute approximate surface area is 186 Å². The monoisotopic (exact) mass is 432 g/mol. The van der Waals surface area contributed by atoms with Gasteiger partial charge in [0.05, 0.1) is 18.7 Å². The van der Waals surface area contributed by atoms with E-state index in [1.807, 2.05) is 42.5 Å². The molecule has 0 radical (unpaired) electrons. The number of carbonyl (C=O) groups is 2. The average molecular weight is 433 g/mol. The number of fused-ring (bicyclic) bond motifs is 1. The minimum atomic E-state index is -0.250. The molecule has 0 atom stereocenters. The van der Waals surface area contributed by atoms with Gasteiger partial charge in [-0.25, -0.2) is 0 Å². The smallest absolute Gasteiger partial charge is 0.244 e.